The summed E-state index contributed by atoms with van der Waals surface area (Å²) in [5, 5.41) is 0. The van der Waals surface area contributed by atoms with E-state index in [0.717, 1.165) is 18.7 Å². The van der Waals surface area contributed by atoms with E-state index in [-0.39, 0.29) is 6.04 Å². The van der Waals surface area contributed by atoms with Gasteiger partial charge in [-0.2, -0.15) is 0 Å². The third-order valence-corrected chi connectivity index (χ3v) is 3.24. The summed E-state index contributed by atoms with van der Waals surface area (Å²) in [5.74, 6) is 0. The number of unbranched alkanes of at least 4 members (excludes halogenated alkanes) is 6. The van der Waals surface area contributed by atoms with Crippen LogP contribution in [-0.2, 0) is 13.0 Å². The molecule has 1 aromatic rings. The Kier molecular flexibility index (Phi) is 7.74. The lowest BCUT2D eigenvalue weighted by molar-refractivity contribution is 0.549. The fraction of sp³-hybridized carbons (Fsp3) is 0.800. The minimum atomic E-state index is 0.201. The van der Waals surface area contributed by atoms with Crippen molar-refractivity contribution in [1.82, 2.24) is 9.55 Å². The minimum Gasteiger partial charge on any atom is -0.337 e. The lowest BCUT2D eigenvalue weighted by Gasteiger charge is -2.03. The van der Waals surface area contributed by atoms with E-state index in [1.165, 1.54) is 44.9 Å². The Labute approximate surface area is 112 Å². The topological polar surface area (TPSA) is 43.8 Å². The fourth-order valence-corrected chi connectivity index (χ4v) is 2.22. The molecule has 0 fully saturated rings. The van der Waals surface area contributed by atoms with E-state index in [1.54, 1.807) is 0 Å². The number of rotatable bonds is 10. The van der Waals surface area contributed by atoms with Gasteiger partial charge in [0.05, 0.1) is 12.0 Å². The smallest absolute Gasteiger partial charge is 0.0949 e. The molecular formula is C15H29N3. The summed E-state index contributed by atoms with van der Waals surface area (Å²) in [7, 11) is 0. The standard InChI is InChI=1S/C15H29N3/c1-3-4-5-6-7-8-9-10-18-12-15(17-13-18)11-14(2)16/h12-14H,3-11,16H2,1-2H3. The number of nitrogens with two attached hydrogens (primary N) is 1. The van der Waals surface area contributed by atoms with E-state index in [9.17, 15) is 0 Å². The molecule has 3 nitrogen and oxygen atoms in total. The summed E-state index contributed by atoms with van der Waals surface area (Å²) < 4.78 is 2.20. The van der Waals surface area contributed by atoms with E-state index in [1.807, 2.05) is 13.3 Å². The molecule has 0 radical (unpaired) electrons. The van der Waals surface area contributed by atoms with Crippen molar-refractivity contribution < 1.29 is 0 Å². The fourth-order valence-electron chi connectivity index (χ4n) is 2.22. The molecule has 0 saturated carbocycles. The molecule has 0 bridgehead atoms. The number of hydrogen-bond donors (Lipinski definition) is 1. The summed E-state index contributed by atoms with van der Waals surface area (Å²) in [4.78, 5) is 4.38. The molecule has 0 amide bonds. The summed E-state index contributed by atoms with van der Waals surface area (Å²) >= 11 is 0. The van der Waals surface area contributed by atoms with Gasteiger partial charge in [-0.25, -0.2) is 4.98 Å². The van der Waals surface area contributed by atoms with Crippen molar-refractivity contribution in [1.29, 1.82) is 0 Å². The molecule has 1 unspecified atom stereocenters. The molecule has 1 atom stereocenters. The number of aromatic nitrogens is 2. The maximum atomic E-state index is 5.76. The highest BCUT2D eigenvalue weighted by Crippen LogP contribution is 2.08. The largest absolute Gasteiger partial charge is 0.337 e. The first-order valence-corrected chi connectivity index (χ1v) is 7.48. The first kappa shape index (κ1) is 15.2. The average Bonchev–Trinajstić information content (AvgIpc) is 2.75. The molecule has 0 spiro atoms. The van der Waals surface area contributed by atoms with Crippen molar-refractivity contribution in [3.63, 3.8) is 0 Å². The predicted molar refractivity (Wildman–Crippen MR) is 77.6 cm³/mol. The van der Waals surface area contributed by atoms with Crippen LogP contribution in [0, 0.1) is 0 Å². The number of imidazole rings is 1. The van der Waals surface area contributed by atoms with E-state index < -0.39 is 0 Å². The lowest BCUT2D eigenvalue weighted by atomic mass is 10.1. The van der Waals surface area contributed by atoms with Crippen molar-refractivity contribution in [2.45, 2.75) is 77.8 Å². The summed E-state index contributed by atoms with van der Waals surface area (Å²) in [6.45, 7) is 5.38. The van der Waals surface area contributed by atoms with Crippen LogP contribution in [-0.4, -0.2) is 15.6 Å². The van der Waals surface area contributed by atoms with E-state index in [2.05, 4.69) is 22.7 Å². The van der Waals surface area contributed by atoms with E-state index in [0.29, 0.717) is 0 Å². The third-order valence-electron chi connectivity index (χ3n) is 3.24. The zero-order valence-electron chi connectivity index (χ0n) is 12.1. The highest BCUT2D eigenvalue weighted by molar-refractivity contribution is 4.98. The van der Waals surface area contributed by atoms with Gasteiger partial charge in [0.25, 0.3) is 0 Å². The van der Waals surface area contributed by atoms with Gasteiger partial charge in [-0.15, -0.1) is 0 Å². The van der Waals surface area contributed by atoms with Crippen molar-refractivity contribution in [2.75, 3.05) is 0 Å². The van der Waals surface area contributed by atoms with Crippen LogP contribution in [0.1, 0.15) is 64.5 Å². The Morgan fingerprint density at radius 3 is 2.50 bits per heavy atom. The number of hydrogen-bond acceptors (Lipinski definition) is 2. The molecule has 18 heavy (non-hydrogen) atoms. The second-order valence-corrected chi connectivity index (χ2v) is 5.41. The zero-order valence-corrected chi connectivity index (χ0v) is 12.1. The molecule has 0 aliphatic heterocycles. The molecule has 3 heteroatoms. The second-order valence-electron chi connectivity index (χ2n) is 5.41. The van der Waals surface area contributed by atoms with Gasteiger partial charge in [0.15, 0.2) is 0 Å². The van der Waals surface area contributed by atoms with Crippen molar-refractivity contribution in [3.8, 4) is 0 Å². The Morgan fingerprint density at radius 2 is 1.83 bits per heavy atom. The van der Waals surface area contributed by atoms with Crippen molar-refractivity contribution >= 4 is 0 Å². The van der Waals surface area contributed by atoms with Crippen molar-refractivity contribution in [2.24, 2.45) is 5.73 Å². The highest BCUT2D eigenvalue weighted by Gasteiger charge is 2.01. The molecule has 1 aromatic heterocycles. The summed E-state index contributed by atoms with van der Waals surface area (Å²) in [6, 6.07) is 0.201. The van der Waals surface area contributed by atoms with Crippen LogP contribution in [0.2, 0.25) is 0 Å². The van der Waals surface area contributed by atoms with Crippen LogP contribution in [0.4, 0.5) is 0 Å². The number of nitrogens with zero attached hydrogens (tertiary/aromatic N) is 2. The van der Waals surface area contributed by atoms with Gasteiger partial charge in [-0.3, -0.25) is 0 Å². The maximum Gasteiger partial charge on any atom is 0.0949 e. The molecule has 2 N–H and O–H groups in total. The lowest BCUT2D eigenvalue weighted by Crippen LogP contribution is -2.17. The van der Waals surface area contributed by atoms with Crippen LogP contribution in [0.5, 0.6) is 0 Å². The molecule has 104 valence electrons. The van der Waals surface area contributed by atoms with Crippen LogP contribution in [0.15, 0.2) is 12.5 Å². The normalized spacial score (nSPS) is 12.8. The van der Waals surface area contributed by atoms with Gasteiger partial charge in [0, 0.05) is 25.2 Å². The molecule has 0 aromatic carbocycles. The first-order chi connectivity index (χ1) is 8.72. The molecule has 0 aliphatic carbocycles. The molecule has 0 aliphatic rings. The Balaban J connectivity index is 2.06. The van der Waals surface area contributed by atoms with E-state index >= 15 is 0 Å². The van der Waals surface area contributed by atoms with Gasteiger partial charge in [-0.1, -0.05) is 45.4 Å². The predicted octanol–water partition coefficient (Wildman–Crippen LogP) is 3.52. The Morgan fingerprint density at radius 1 is 1.17 bits per heavy atom. The minimum absolute atomic E-state index is 0.201. The first-order valence-electron chi connectivity index (χ1n) is 7.48. The van der Waals surface area contributed by atoms with E-state index in [4.69, 9.17) is 5.73 Å². The maximum absolute atomic E-state index is 5.76. The molecule has 1 heterocycles. The molecule has 0 saturated heterocycles. The Bertz CT molecular complexity index is 304. The monoisotopic (exact) mass is 251 g/mol. The van der Waals surface area contributed by atoms with Crippen LogP contribution >= 0.6 is 0 Å². The van der Waals surface area contributed by atoms with Crippen LogP contribution in [0.25, 0.3) is 0 Å². The van der Waals surface area contributed by atoms with Crippen molar-refractivity contribution in [3.05, 3.63) is 18.2 Å². The van der Waals surface area contributed by atoms with Gasteiger partial charge < -0.3 is 10.3 Å². The quantitative estimate of drug-likeness (QED) is 0.647. The SMILES string of the molecule is CCCCCCCCCn1cnc(CC(C)N)c1. The summed E-state index contributed by atoms with van der Waals surface area (Å²) in [5.41, 5.74) is 6.88. The molecular weight excluding hydrogens is 222 g/mol. The van der Waals surface area contributed by atoms with Gasteiger partial charge in [0.1, 0.15) is 0 Å². The van der Waals surface area contributed by atoms with Gasteiger partial charge in [-0.05, 0) is 13.3 Å². The van der Waals surface area contributed by atoms with Gasteiger partial charge >= 0.3 is 0 Å². The third kappa shape index (κ3) is 6.80. The van der Waals surface area contributed by atoms with Crippen LogP contribution in [0.3, 0.4) is 0 Å². The van der Waals surface area contributed by atoms with Crippen LogP contribution < -0.4 is 5.73 Å². The molecule has 1 rings (SSSR count). The second kappa shape index (κ2) is 9.15. The van der Waals surface area contributed by atoms with Gasteiger partial charge in [0.2, 0.25) is 0 Å². The zero-order chi connectivity index (χ0) is 13.2. The highest BCUT2D eigenvalue weighted by atomic mass is 15.0. The summed E-state index contributed by atoms with van der Waals surface area (Å²) in [6.07, 6.45) is 14.5. The average molecular weight is 251 g/mol. The number of aryl methyl sites for hydroxylation is 1. The Hall–Kier alpha value is -0.830.